The number of allylic oxidation sites excluding steroid dienone is 2. The third kappa shape index (κ3) is 4.60. The molecule has 5 rings (SSSR count). The number of amides is 1. The zero-order valence-corrected chi connectivity index (χ0v) is 22.8. The first-order chi connectivity index (χ1) is 18.6. The van der Waals surface area contributed by atoms with Crippen molar-refractivity contribution in [3.8, 4) is 11.3 Å². The Morgan fingerprint density at radius 2 is 1.92 bits per heavy atom. The summed E-state index contributed by atoms with van der Waals surface area (Å²) in [4.78, 5) is 58.9. The molecule has 10 heteroatoms. The van der Waals surface area contributed by atoms with E-state index >= 15 is 0 Å². The monoisotopic (exact) mass is 525 g/mol. The summed E-state index contributed by atoms with van der Waals surface area (Å²) in [5.74, 6) is -0.00449. The number of Topliss-reactive ketones (excluding diaryl/α,β-unsaturated/α-hetero) is 2. The van der Waals surface area contributed by atoms with Gasteiger partial charge in [0.15, 0.2) is 5.78 Å². The van der Waals surface area contributed by atoms with E-state index in [0.29, 0.717) is 40.1 Å². The second-order valence-corrected chi connectivity index (χ2v) is 10.5. The summed E-state index contributed by atoms with van der Waals surface area (Å²) in [6, 6.07) is 1.16. The van der Waals surface area contributed by atoms with Crippen LogP contribution in [0.5, 0.6) is 0 Å². The number of hydrogen-bond donors (Lipinski definition) is 0. The average Bonchev–Trinajstić information content (AvgIpc) is 3.24. The van der Waals surface area contributed by atoms with Gasteiger partial charge >= 0.3 is 0 Å². The number of fused-ring (bicyclic) bond motifs is 2. The number of aryl methyl sites for hydroxylation is 2. The SMILES string of the molecule is C=CN=C(/C=C\C)C(=O)[C@@H]1C[C@@]2(C)C[C@H]2N1C(=O)Cn1nc(C(C)=O)c2cc(-c3cnc(C)nc3)nc(C)c21. The second-order valence-electron chi connectivity index (χ2n) is 10.5. The Hall–Kier alpha value is -4.34. The van der Waals surface area contributed by atoms with Gasteiger partial charge in [-0.2, -0.15) is 5.10 Å². The van der Waals surface area contributed by atoms with Crippen molar-refractivity contribution in [3.05, 3.63) is 60.6 Å². The fourth-order valence-corrected chi connectivity index (χ4v) is 5.63. The van der Waals surface area contributed by atoms with E-state index in [1.807, 2.05) is 13.8 Å². The van der Waals surface area contributed by atoms with Crippen LogP contribution in [0.3, 0.4) is 0 Å². The van der Waals surface area contributed by atoms with E-state index in [4.69, 9.17) is 4.98 Å². The van der Waals surface area contributed by atoms with Gasteiger partial charge in [0.2, 0.25) is 11.7 Å². The van der Waals surface area contributed by atoms with Crippen LogP contribution in [0.15, 0.2) is 48.4 Å². The van der Waals surface area contributed by atoms with Gasteiger partial charge in [-0.3, -0.25) is 29.0 Å². The van der Waals surface area contributed by atoms with Crippen LogP contribution in [0.2, 0.25) is 0 Å². The Kier molecular flexibility index (Phi) is 6.57. The Morgan fingerprint density at radius 3 is 2.56 bits per heavy atom. The van der Waals surface area contributed by atoms with Crippen molar-refractivity contribution >= 4 is 34.1 Å². The zero-order chi connectivity index (χ0) is 28.1. The standard InChI is InChI=1S/C29H31N7O3/c1-7-9-21(30-8-2)28(39)23-11-29(6)12-24(29)36(23)25(38)15-35-27-16(3)33-22(19-13-31-18(5)32-14-19)10-20(27)26(34-35)17(4)37/h7-10,13-14,23-24H,2,11-12,15H2,1,3-6H3/b9-7-,30-21?/t23-,24+,29-/m0/s1. The molecule has 10 nitrogen and oxygen atoms in total. The highest BCUT2D eigenvalue weighted by Gasteiger charge is 2.64. The summed E-state index contributed by atoms with van der Waals surface area (Å²) in [6.45, 7) is 12.5. The molecule has 1 saturated carbocycles. The van der Waals surface area contributed by atoms with Crippen molar-refractivity contribution in [3.63, 3.8) is 0 Å². The molecule has 2 fully saturated rings. The zero-order valence-electron chi connectivity index (χ0n) is 22.8. The number of carbonyl (C=O) groups excluding carboxylic acids is 3. The first kappa shape index (κ1) is 26.3. The van der Waals surface area contributed by atoms with Gasteiger partial charge in [-0.15, -0.1) is 0 Å². The van der Waals surface area contributed by atoms with Crippen molar-refractivity contribution in [2.45, 2.75) is 66.1 Å². The van der Waals surface area contributed by atoms with Gasteiger partial charge in [0.25, 0.3) is 0 Å². The number of pyridine rings is 1. The van der Waals surface area contributed by atoms with Crippen LogP contribution in [0.1, 0.15) is 55.6 Å². The van der Waals surface area contributed by atoms with Gasteiger partial charge in [-0.05, 0) is 51.2 Å². The molecule has 3 aromatic heterocycles. The number of hydrogen-bond acceptors (Lipinski definition) is 8. The predicted molar refractivity (Wildman–Crippen MR) is 147 cm³/mol. The van der Waals surface area contributed by atoms with E-state index in [9.17, 15) is 14.4 Å². The largest absolute Gasteiger partial charge is 0.327 e. The summed E-state index contributed by atoms with van der Waals surface area (Å²) in [7, 11) is 0. The Morgan fingerprint density at radius 1 is 1.21 bits per heavy atom. The molecule has 4 heterocycles. The molecular formula is C29H31N7O3. The van der Waals surface area contributed by atoms with E-state index < -0.39 is 6.04 Å². The van der Waals surface area contributed by atoms with Gasteiger partial charge < -0.3 is 4.90 Å². The maximum Gasteiger partial charge on any atom is 0.245 e. The number of nitrogens with zero attached hydrogens (tertiary/aromatic N) is 7. The molecule has 1 saturated heterocycles. The molecular weight excluding hydrogens is 494 g/mol. The molecule has 1 aliphatic carbocycles. The molecule has 0 bridgehead atoms. The third-order valence-corrected chi connectivity index (χ3v) is 7.63. The molecule has 0 N–H and O–H groups in total. The lowest BCUT2D eigenvalue weighted by Crippen LogP contribution is -2.46. The normalized spacial score (nSPS) is 22.4. The van der Waals surface area contributed by atoms with Crippen LogP contribution in [0, 0.1) is 19.3 Å². The summed E-state index contributed by atoms with van der Waals surface area (Å²) in [5, 5.41) is 5.15. The number of aromatic nitrogens is 5. The third-order valence-electron chi connectivity index (χ3n) is 7.63. The van der Waals surface area contributed by atoms with Gasteiger partial charge in [0.05, 0.1) is 22.9 Å². The number of aliphatic imine (C=N–C) groups is 1. The Bertz CT molecular complexity index is 1580. The summed E-state index contributed by atoms with van der Waals surface area (Å²) in [5.41, 5.74) is 3.00. The fourth-order valence-electron chi connectivity index (χ4n) is 5.63. The van der Waals surface area contributed by atoms with Crippen LogP contribution in [-0.2, 0) is 16.1 Å². The lowest BCUT2D eigenvalue weighted by molar-refractivity contribution is -0.137. The average molecular weight is 526 g/mol. The number of carbonyl (C=O) groups is 3. The van der Waals surface area contributed by atoms with Crippen LogP contribution in [0.4, 0.5) is 0 Å². The number of rotatable bonds is 8. The first-order valence-corrected chi connectivity index (χ1v) is 12.9. The van der Waals surface area contributed by atoms with Crippen molar-refractivity contribution in [2.75, 3.05) is 0 Å². The molecule has 0 radical (unpaired) electrons. The number of piperidine rings is 1. The lowest BCUT2D eigenvalue weighted by Gasteiger charge is -2.26. The number of likely N-dealkylation sites (tertiary alicyclic amines) is 1. The summed E-state index contributed by atoms with van der Waals surface area (Å²) >= 11 is 0. The van der Waals surface area contributed by atoms with Gasteiger partial charge in [-0.1, -0.05) is 19.6 Å². The van der Waals surface area contributed by atoms with Crippen LogP contribution in [-0.4, -0.2) is 64.9 Å². The predicted octanol–water partition coefficient (Wildman–Crippen LogP) is 3.82. The molecule has 0 aromatic carbocycles. The minimum Gasteiger partial charge on any atom is -0.327 e. The van der Waals surface area contributed by atoms with E-state index in [1.165, 1.54) is 17.8 Å². The van der Waals surface area contributed by atoms with Crippen molar-refractivity contribution in [1.82, 2.24) is 29.6 Å². The highest BCUT2D eigenvalue weighted by atomic mass is 16.2. The van der Waals surface area contributed by atoms with Gasteiger partial charge in [0, 0.05) is 42.5 Å². The topological polar surface area (TPSA) is 123 Å². The first-order valence-electron chi connectivity index (χ1n) is 12.9. The Labute approximate surface area is 226 Å². The molecule has 1 amide bonds. The summed E-state index contributed by atoms with van der Waals surface area (Å²) in [6.07, 6.45) is 9.53. The van der Waals surface area contributed by atoms with Crippen molar-refractivity contribution in [1.29, 1.82) is 0 Å². The molecule has 200 valence electrons. The van der Waals surface area contributed by atoms with Gasteiger partial charge in [-0.25, -0.2) is 9.97 Å². The fraction of sp³-hybridized carbons (Fsp3) is 0.379. The maximum atomic E-state index is 13.8. The molecule has 39 heavy (non-hydrogen) atoms. The smallest absolute Gasteiger partial charge is 0.245 e. The summed E-state index contributed by atoms with van der Waals surface area (Å²) < 4.78 is 1.54. The van der Waals surface area contributed by atoms with E-state index in [-0.39, 0.29) is 46.9 Å². The molecule has 2 aliphatic rings. The number of ketones is 2. The Balaban J connectivity index is 1.51. The quantitative estimate of drug-likeness (QED) is 0.324. The highest BCUT2D eigenvalue weighted by Crippen LogP contribution is 2.59. The van der Waals surface area contributed by atoms with E-state index in [0.717, 1.165) is 6.42 Å². The van der Waals surface area contributed by atoms with Crippen LogP contribution < -0.4 is 0 Å². The van der Waals surface area contributed by atoms with E-state index in [1.54, 1.807) is 42.4 Å². The van der Waals surface area contributed by atoms with Crippen LogP contribution >= 0.6 is 0 Å². The lowest BCUT2D eigenvalue weighted by atomic mass is 9.97. The highest BCUT2D eigenvalue weighted by molar-refractivity contribution is 6.46. The molecule has 1 aliphatic heterocycles. The molecule has 0 spiro atoms. The maximum absolute atomic E-state index is 13.8. The minimum absolute atomic E-state index is 0.0176. The molecule has 3 atom stereocenters. The van der Waals surface area contributed by atoms with E-state index in [2.05, 4.69) is 33.6 Å². The molecule has 3 aromatic rings. The minimum atomic E-state index is -0.613. The second kappa shape index (κ2) is 9.76. The van der Waals surface area contributed by atoms with Crippen LogP contribution in [0.25, 0.3) is 22.2 Å². The van der Waals surface area contributed by atoms with Crippen molar-refractivity contribution in [2.24, 2.45) is 10.4 Å². The van der Waals surface area contributed by atoms with Gasteiger partial charge in [0.1, 0.15) is 23.8 Å². The molecule has 0 unspecified atom stereocenters. The van der Waals surface area contributed by atoms with Crippen molar-refractivity contribution < 1.29 is 14.4 Å².